The van der Waals surface area contributed by atoms with Crippen LogP contribution >= 0.6 is 0 Å². The largest absolute Gasteiger partial charge is 0.483 e. The summed E-state index contributed by atoms with van der Waals surface area (Å²) >= 11 is 0. The van der Waals surface area contributed by atoms with Crippen molar-refractivity contribution in [3.05, 3.63) is 12.4 Å². The number of fused-ring (bicyclic) bond motifs is 1. The molecule has 1 aromatic heterocycles. The average Bonchev–Trinajstić information content (AvgIpc) is 2.33. The number of hydrogen-bond donors (Lipinski definition) is 1. The van der Waals surface area contributed by atoms with Gasteiger partial charge in [-0.25, -0.2) is 4.99 Å². The van der Waals surface area contributed by atoms with Gasteiger partial charge in [0.1, 0.15) is 18.5 Å². The maximum atomic E-state index is 5.13. The third-order valence-corrected chi connectivity index (χ3v) is 1.18. The van der Waals surface area contributed by atoms with Crippen LogP contribution in [0.4, 0.5) is 5.69 Å². The topological polar surface area (TPSA) is 37.4 Å². The van der Waals surface area contributed by atoms with Crippen LogP contribution < -0.4 is 4.74 Å². The molecule has 0 amide bonds. The van der Waals surface area contributed by atoms with Crippen molar-refractivity contribution in [1.82, 2.24) is 4.98 Å². The molecule has 0 saturated carbocycles. The minimum Gasteiger partial charge on any atom is -0.483 e. The van der Waals surface area contributed by atoms with E-state index in [9.17, 15) is 0 Å². The smallest absolute Gasteiger partial charge is 0.162 e. The van der Waals surface area contributed by atoms with E-state index in [0.717, 1.165) is 11.4 Å². The fourth-order valence-corrected chi connectivity index (χ4v) is 0.772. The zero-order valence-corrected chi connectivity index (χ0v) is 4.72. The molecule has 0 bridgehead atoms. The van der Waals surface area contributed by atoms with Gasteiger partial charge in [-0.15, -0.1) is 0 Å². The van der Waals surface area contributed by atoms with Crippen LogP contribution in [0.1, 0.15) is 0 Å². The standard InChI is InChI=1S/C6H5N2O/c1-2-9-6-4-7-3-5(6)8-1/h3-4,7H,2H2. The van der Waals surface area contributed by atoms with Crippen LogP contribution in [-0.4, -0.2) is 17.8 Å². The second-order valence-corrected chi connectivity index (χ2v) is 1.76. The molecule has 1 radical (unpaired) electrons. The molecule has 0 aliphatic carbocycles. The van der Waals surface area contributed by atoms with Gasteiger partial charge in [-0.3, -0.25) is 0 Å². The number of H-pyrrole nitrogens is 1. The number of aromatic amines is 1. The lowest BCUT2D eigenvalue weighted by molar-refractivity contribution is 0.377. The summed E-state index contributed by atoms with van der Waals surface area (Å²) < 4.78 is 5.13. The van der Waals surface area contributed by atoms with Gasteiger partial charge in [0.15, 0.2) is 5.75 Å². The van der Waals surface area contributed by atoms with E-state index in [1.165, 1.54) is 0 Å². The van der Waals surface area contributed by atoms with Crippen molar-refractivity contribution in [2.24, 2.45) is 4.99 Å². The molecule has 0 spiro atoms. The fourth-order valence-electron chi connectivity index (χ4n) is 0.772. The van der Waals surface area contributed by atoms with Crippen molar-refractivity contribution in [3.63, 3.8) is 0 Å². The van der Waals surface area contributed by atoms with Gasteiger partial charge in [0.25, 0.3) is 0 Å². The molecule has 2 heterocycles. The molecule has 2 rings (SSSR count). The number of hydrogen-bond acceptors (Lipinski definition) is 2. The van der Waals surface area contributed by atoms with Crippen LogP contribution in [0.15, 0.2) is 17.4 Å². The molecule has 9 heavy (non-hydrogen) atoms. The van der Waals surface area contributed by atoms with Gasteiger partial charge in [-0.05, 0) is 0 Å². The number of rotatable bonds is 0. The van der Waals surface area contributed by atoms with Gasteiger partial charge in [-0.1, -0.05) is 0 Å². The van der Waals surface area contributed by atoms with Crippen LogP contribution in [0.2, 0.25) is 0 Å². The molecule has 1 aliphatic rings. The number of aliphatic imine (C=N–C) groups is 1. The van der Waals surface area contributed by atoms with Crippen molar-refractivity contribution in [1.29, 1.82) is 0 Å². The molecule has 1 N–H and O–H groups in total. The van der Waals surface area contributed by atoms with Gasteiger partial charge in [0.2, 0.25) is 0 Å². The zero-order valence-electron chi connectivity index (χ0n) is 4.72. The number of aromatic nitrogens is 1. The van der Waals surface area contributed by atoms with Crippen molar-refractivity contribution < 1.29 is 4.74 Å². The Labute approximate surface area is 52.4 Å². The van der Waals surface area contributed by atoms with E-state index < -0.39 is 0 Å². The quantitative estimate of drug-likeness (QED) is 0.546. The SMILES string of the molecule is [C]1=Nc2c[nH]cc2OC1. The van der Waals surface area contributed by atoms with Crippen molar-refractivity contribution >= 4 is 11.9 Å². The molecule has 0 aromatic carbocycles. The molecular weight excluding hydrogens is 116 g/mol. The molecule has 0 saturated heterocycles. The summed E-state index contributed by atoms with van der Waals surface area (Å²) in [4.78, 5) is 6.83. The van der Waals surface area contributed by atoms with Crippen molar-refractivity contribution in [3.8, 4) is 5.75 Å². The highest BCUT2D eigenvalue weighted by Gasteiger charge is 2.05. The minimum atomic E-state index is 0.463. The van der Waals surface area contributed by atoms with Crippen molar-refractivity contribution in [2.45, 2.75) is 0 Å². The first kappa shape index (κ1) is 4.61. The van der Waals surface area contributed by atoms with Gasteiger partial charge in [-0.2, -0.15) is 0 Å². The van der Waals surface area contributed by atoms with Gasteiger partial charge < -0.3 is 9.72 Å². The third-order valence-electron chi connectivity index (χ3n) is 1.18. The first-order valence-corrected chi connectivity index (χ1v) is 2.70. The Bertz CT molecular complexity index is 239. The normalized spacial score (nSPS) is 14.7. The molecule has 0 fully saturated rings. The van der Waals surface area contributed by atoms with E-state index in [1.807, 2.05) is 0 Å². The zero-order chi connectivity index (χ0) is 6.10. The summed E-state index contributed by atoms with van der Waals surface area (Å²) in [5.74, 6) is 0.814. The lowest BCUT2D eigenvalue weighted by Crippen LogP contribution is -2.00. The molecular formula is C6H5N2O. The summed E-state index contributed by atoms with van der Waals surface area (Å²) in [5, 5.41) is 0. The number of ether oxygens (including phenoxy) is 1. The monoisotopic (exact) mass is 121 g/mol. The minimum absolute atomic E-state index is 0.463. The highest BCUT2D eigenvalue weighted by Crippen LogP contribution is 2.27. The van der Waals surface area contributed by atoms with E-state index in [1.54, 1.807) is 12.4 Å². The second-order valence-electron chi connectivity index (χ2n) is 1.76. The summed E-state index contributed by atoms with van der Waals surface area (Å²) in [6, 6.07) is 0. The van der Waals surface area contributed by atoms with Gasteiger partial charge in [0.05, 0.1) is 0 Å². The molecule has 1 aliphatic heterocycles. The Morgan fingerprint density at radius 2 is 2.67 bits per heavy atom. The van der Waals surface area contributed by atoms with Crippen LogP contribution in [0.5, 0.6) is 5.75 Å². The second kappa shape index (κ2) is 1.62. The summed E-state index contributed by atoms with van der Waals surface area (Å²) in [5.41, 5.74) is 0.834. The molecule has 1 aromatic rings. The number of nitrogens with zero attached hydrogens (tertiary/aromatic N) is 1. The van der Waals surface area contributed by atoms with Crippen LogP contribution in [0.25, 0.3) is 0 Å². The highest BCUT2D eigenvalue weighted by atomic mass is 16.5. The Morgan fingerprint density at radius 1 is 1.67 bits per heavy atom. The molecule has 45 valence electrons. The third kappa shape index (κ3) is 0.614. The maximum absolute atomic E-state index is 5.13. The van der Waals surface area contributed by atoms with E-state index in [0.29, 0.717) is 6.61 Å². The van der Waals surface area contributed by atoms with Crippen molar-refractivity contribution in [2.75, 3.05) is 6.61 Å². The first-order chi connectivity index (χ1) is 4.47. The lowest BCUT2D eigenvalue weighted by atomic mass is 10.4. The van der Waals surface area contributed by atoms with Gasteiger partial charge >= 0.3 is 0 Å². The van der Waals surface area contributed by atoms with Crippen LogP contribution in [0.3, 0.4) is 0 Å². The Kier molecular flexibility index (Phi) is 0.828. The number of nitrogens with one attached hydrogen (secondary N) is 1. The summed E-state index contributed by atoms with van der Waals surface area (Å²) in [6.07, 6.45) is 6.27. The molecule has 0 atom stereocenters. The van der Waals surface area contributed by atoms with Crippen LogP contribution in [0, 0.1) is 0 Å². The van der Waals surface area contributed by atoms with E-state index in [2.05, 4.69) is 16.2 Å². The Morgan fingerprint density at radius 3 is 3.56 bits per heavy atom. The van der Waals surface area contributed by atoms with E-state index in [-0.39, 0.29) is 0 Å². The van der Waals surface area contributed by atoms with Crippen LogP contribution in [-0.2, 0) is 0 Å². The predicted molar refractivity (Wildman–Crippen MR) is 33.4 cm³/mol. The first-order valence-electron chi connectivity index (χ1n) is 2.70. The molecule has 0 unspecified atom stereocenters. The Balaban J connectivity index is 2.53. The predicted octanol–water partition coefficient (Wildman–Crippen LogP) is 0.986. The highest BCUT2D eigenvalue weighted by molar-refractivity contribution is 5.70. The lowest BCUT2D eigenvalue weighted by Gasteiger charge is -2.03. The molecule has 3 nitrogen and oxygen atoms in total. The summed E-state index contributed by atoms with van der Waals surface area (Å²) in [7, 11) is 0. The van der Waals surface area contributed by atoms with E-state index >= 15 is 0 Å². The fraction of sp³-hybridized carbons (Fsp3) is 0.167. The van der Waals surface area contributed by atoms with Gasteiger partial charge in [0, 0.05) is 12.4 Å². The molecule has 3 heteroatoms. The van der Waals surface area contributed by atoms with E-state index in [4.69, 9.17) is 4.74 Å². The average molecular weight is 121 g/mol. The Hall–Kier alpha value is -1.25. The maximum Gasteiger partial charge on any atom is 0.162 e. The summed E-state index contributed by atoms with van der Waals surface area (Å²) in [6.45, 7) is 0.463.